The highest BCUT2D eigenvalue weighted by Crippen LogP contribution is 2.23. The molecular formula is C15H13BrN6OS. The maximum Gasteiger partial charge on any atom is 0.234 e. The first-order valence-electron chi connectivity index (χ1n) is 6.93. The zero-order valence-electron chi connectivity index (χ0n) is 12.4. The molecule has 3 N–H and O–H groups in total. The van der Waals surface area contributed by atoms with E-state index >= 15 is 0 Å². The molecule has 2 aromatic heterocycles. The number of amides is 1. The molecule has 0 saturated heterocycles. The van der Waals surface area contributed by atoms with Crippen molar-refractivity contribution in [3.05, 3.63) is 53.3 Å². The Balaban J connectivity index is 1.64. The summed E-state index contributed by atoms with van der Waals surface area (Å²) in [6.07, 6.45) is 3.31. The molecule has 0 saturated carbocycles. The molecule has 0 aliphatic carbocycles. The van der Waals surface area contributed by atoms with Crippen LogP contribution in [0.5, 0.6) is 0 Å². The second-order valence-electron chi connectivity index (χ2n) is 4.73. The summed E-state index contributed by atoms with van der Waals surface area (Å²) < 4.78 is 2.19. The first-order valence-corrected chi connectivity index (χ1v) is 8.71. The van der Waals surface area contributed by atoms with E-state index in [0.717, 1.165) is 15.7 Å². The first-order chi connectivity index (χ1) is 11.6. The Kier molecular flexibility index (Phi) is 5.11. The molecule has 3 aromatic rings. The number of nitrogens with one attached hydrogen (secondary N) is 1. The van der Waals surface area contributed by atoms with E-state index in [9.17, 15) is 4.79 Å². The number of hydrogen-bond acceptors (Lipinski definition) is 6. The van der Waals surface area contributed by atoms with E-state index in [0.29, 0.717) is 11.0 Å². The van der Waals surface area contributed by atoms with Crippen LogP contribution in [-0.4, -0.2) is 31.5 Å². The van der Waals surface area contributed by atoms with Gasteiger partial charge >= 0.3 is 0 Å². The maximum absolute atomic E-state index is 12.1. The number of carbonyl (C=O) groups excluding carboxylic acids is 1. The number of anilines is 1. The molecule has 0 radical (unpaired) electrons. The van der Waals surface area contributed by atoms with Crippen molar-refractivity contribution >= 4 is 39.3 Å². The van der Waals surface area contributed by atoms with E-state index in [2.05, 4.69) is 36.4 Å². The van der Waals surface area contributed by atoms with E-state index in [1.165, 1.54) is 16.4 Å². The molecule has 0 unspecified atom stereocenters. The zero-order chi connectivity index (χ0) is 16.9. The monoisotopic (exact) mass is 404 g/mol. The lowest BCUT2D eigenvalue weighted by Gasteiger charge is -2.07. The second kappa shape index (κ2) is 7.45. The summed E-state index contributed by atoms with van der Waals surface area (Å²) in [4.78, 5) is 16.0. The molecule has 2 heterocycles. The van der Waals surface area contributed by atoms with E-state index in [-0.39, 0.29) is 11.7 Å². The van der Waals surface area contributed by atoms with Crippen molar-refractivity contribution in [2.75, 3.05) is 16.9 Å². The minimum Gasteiger partial charge on any atom is -0.335 e. The standard InChI is InChI=1S/C15H13BrN6OS/c16-11-3-1-2-4-12(11)19-13(23)9-24-15-21-20-14(22(15)17)10-5-7-18-8-6-10/h1-8H,9,17H2,(H,19,23). The van der Waals surface area contributed by atoms with Crippen LogP contribution < -0.4 is 11.2 Å². The largest absolute Gasteiger partial charge is 0.335 e. The summed E-state index contributed by atoms with van der Waals surface area (Å²) in [5.41, 5.74) is 1.53. The number of hydrogen-bond donors (Lipinski definition) is 2. The Morgan fingerprint density at radius 2 is 1.96 bits per heavy atom. The van der Waals surface area contributed by atoms with Gasteiger partial charge in [-0.25, -0.2) is 4.68 Å². The van der Waals surface area contributed by atoms with Gasteiger partial charge in [-0.1, -0.05) is 23.9 Å². The number of carbonyl (C=O) groups is 1. The fourth-order valence-corrected chi connectivity index (χ4v) is 2.99. The van der Waals surface area contributed by atoms with Crippen LogP contribution in [0.4, 0.5) is 5.69 Å². The van der Waals surface area contributed by atoms with Crippen LogP contribution in [0, 0.1) is 0 Å². The number of nitrogens with zero attached hydrogens (tertiary/aromatic N) is 4. The van der Waals surface area contributed by atoms with Crippen molar-refractivity contribution in [1.29, 1.82) is 0 Å². The van der Waals surface area contributed by atoms with Gasteiger partial charge in [0.05, 0.1) is 11.4 Å². The van der Waals surface area contributed by atoms with Crippen molar-refractivity contribution in [3.63, 3.8) is 0 Å². The zero-order valence-corrected chi connectivity index (χ0v) is 14.8. The molecule has 0 bridgehead atoms. The van der Waals surface area contributed by atoms with Crippen LogP contribution in [0.1, 0.15) is 0 Å². The molecule has 1 amide bonds. The van der Waals surface area contributed by atoms with Crippen LogP contribution in [0.3, 0.4) is 0 Å². The third kappa shape index (κ3) is 3.74. The summed E-state index contributed by atoms with van der Waals surface area (Å²) in [6.45, 7) is 0. The molecule has 3 rings (SSSR count). The fourth-order valence-electron chi connectivity index (χ4n) is 1.95. The highest BCUT2D eigenvalue weighted by atomic mass is 79.9. The highest BCUT2D eigenvalue weighted by molar-refractivity contribution is 9.10. The number of aromatic nitrogens is 4. The van der Waals surface area contributed by atoms with E-state index < -0.39 is 0 Å². The van der Waals surface area contributed by atoms with Gasteiger partial charge in [0, 0.05) is 22.4 Å². The van der Waals surface area contributed by atoms with Crippen LogP contribution >= 0.6 is 27.7 Å². The van der Waals surface area contributed by atoms with Crippen LogP contribution in [-0.2, 0) is 4.79 Å². The third-order valence-corrected chi connectivity index (χ3v) is 4.72. The van der Waals surface area contributed by atoms with Crippen molar-refractivity contribution in [2.24, 2.45) is 0 Å². The van der Waals surface area contributed by atoms with Gasteiger partial charge in [0.1, 0.15) is 0 Å². The predicted octanol–water partition coefficient (Wildman–Crippen LogP) is 2.55. The number of thioether (sulfide) groups is 1. The lowest BCUT2D eigenvalue weighted by Crippen LogP contribution is -2.16. The first kappa shape index (κ1) is 16.5. The van der Waals surface area contributed by atoms with Gasteiger partial charge in [-0.3, -0.25) is 9.78 Å². The molecule has 0 aliphatic heterocycles. The Morgan fingerprint density at radius 3 is 2.71 bits per heavy atom. The summed E-state index contributed by atoms with van der Waals surface area (Å²) in [5.74, 6) is 6.55. The Hall–Kier alpha value is -2.39. The average Bonchev–Trinajstić information content (AvgIpc) is 2.97. The predicted molar refractivity (Wildman–Crippen MR) is 96.9 cm³/mol. The molecule has 0 atom stereocenters. The number of pyridine rings is 1. The molecule has 1 aromatic carbocycles. The van der Waals surface area contributed by atoms with Gasteiger partial charge in [0.15, 0.2) is 5.82 Å². The summed E-state index contributed by atoms with van der Waals surface area (Å²) in [6, 6.07) is 11.0. The SMILES string of the molecule is Nn1c(SCC(=O)Nc2ccccc2Br)nnc1-c1ccncc1. The minimum atomic E-state index is -0.152. The van der Waals surface area contributed by atoms with Gasteiger partial charge < -0.3 is 11.2 Å². The van der Waals surface area contributed by atoms with Crippen molar-refractivity contribution < 1.29 is 4.79 Å². The van der Waals surface area contributed by atoms with Crippen molar-refractivity contribution in [3.8, 4) is 11.4 Å². The molecule has 24 heavy (non-hydrogen) atoms. The Labute approximate surface area is 150 Å². The fraction of sp³-hybridized carbons (Fsp3) is 0.0667. The second-order valence-corrected chi connectivity index (χ2v) is 6.53. The molecule has 0 spiro atoms. The number of benzene rings is 1. The van der Waals surface area contributed by atoms with Gasteiger partial charge in [-0.15, -0.1) is 10.2 Å². The quantitative estimate of drug-likeness (QED) is 0.500. The van der Waals surface area contributed by atoms with E-state index in [1.54, 1.807) is 24.5 Å². The lowest BCUT2D eigenvalue weighted by molar-refractivity contribution is -0.113. The number of nitrogens with two attached hydrogens (primary N) is 1. The van der Waals surface area contributed by atoms with Gasteiger partial charge in [0.2, 0.25) is 11.1 Å². The maximum atomic E-state index is 12.1. The molecule has 7 nitrogen and oxygen atoms in total. The third-order valence-electron chi connectivity index (χ3n) is 3.08. The van der Waals surface area contributed by atoms with Crippen LogP contribution in [0.15, 0.2) is 58.4 Å². The van der Waals surface area contributed by atoms with Crippen LogP contribution in [0.2, 0.25) is 0 Å². The molecule has 0 aliphatic rings. The smallest absolute Gasteiger partial charge is 0.234 e. The summed E-state index contributed by atoms with van der Waals surface area (Å²) in [5, 5.41) is 11.4. The number of para-hydroxylation sites is 1. The topological polar surface area (TPSA) is 98.7 Å². The van der Waals surface area contributed by atoms with Gasteiger partial charge in [0.25, 0.3) is 0 Å². The van der Waals surface area contributed by atoms with Crippen LogP contribution in [0.25, 0.3) is 11.4 Å². The summed E-state index contributed by atoms with van der Waals surface area (Å²) >= 11 is 4.61. The number of rotatable bonds is 5. The van der Waals surface area contributed by atoms with Gasteiger partial charge in [-0.05, 0) is 40.2 Å². The van der Waals surface area contributed by atoms with E-state index in [4.69, 9.17) is 5.84 Å². The summed E-state index contributed by atoms with van der Waals surface area (Å²) in [7, 11) is 0. The molecular weight excluding hydrogens is 392 g/mol. The normalized spacial score (nSPS) is 10.5. The average molecular weight is 405 g/mol. The highest BCUT2D eigenvalue weighted by Gasteiger charge is 2.14. The Bertz CT molecular complexity index is 854. The van der Waals surface area contributed by atoms with Crippen molar-refractivity contribution in [2.45, 2.75) is 5.16 Å². The number of halogens is 1. The Morgan fingerprint density at radius 1 is 1.21 bits per heavy atom. The minimum absolute atomic E-state index is 0.152. The van der Waals surface area contributed by atoms with E-state index in [1.807, 2.05) is 24.3 Å². The number of nitrogen functional groups attached to an aromatic ring is 1. The van der Waals surface area contributed by atoms with Gasteiger partial charge in [-0.2, -0.15) is 0 Å². The molecule has 122 valence electrons. The van der Waals surface area contributed by atoms with Crippen molar-refractivity contribution in [1.82, 2.24) is 19.9 Å². The molecule has 0 fully saturated rings. The molecule has 9 heteroatoms. The lowest BCUT2D eigenvalue weighted by atomic mass is 10.2.